The number of aliphatic hydroxyl groups excluding tert-OH is 1. The molecular formula is C25H28FN3O5. The minimum atomic E-state index is -0.537. The van der Waals surface area contributed by atoms with Crippen molar-refractivity contribution in [2.24, 2.45) is 5.92 Å². The number of ether oxygens (including phenoxy) is 2. The van der Waals surface area contributed by atoms with Gasteiger partial charge in [-0.1, -0.05) is 0 Å². The standard InChI is InChI=1S/C25H28FN3O5/c26-15-3-5-16(6-4-15)28-25(32)29-17-7-8-21-19(9-17)20-10-18(33-22(13-30)24(20)34-21)11-23(31)27-12-14-1-2-14/h3-9,14,18,20,22,24,30H,1-2,10-13H2,(H,27,31)(H2,28,29,32)/t18-,20-,22+,24+/m0/s1. The first-order valence-electron chi connectivity index (χ1n) is 11.7. The fourth-order valence-electron chi connectivity index (χ4n) is 4.65. The average Bonchev–Trinajstić information content (AvgIpc) is 3.59. The number of hydrogen-bond donors (Lipinski definition) is 4. The Hall–Kier alpha value is -3.17. The van der Waals surface area contributed by atoms with E-state index < -0.39 is 12.1 Å². The smallest absolute Gasteiger partial charge is 0.323 e. The van der Waals surface area contributed by atoms with Crippen LogP contribution in [-0.2, 0) is 9.53 Å². The first-order valence-corrected chi connectivity index (χ1v) is 11.7. The second kappa shape index (κ2) is 9.60. The fourth-order valence-corrected chi connectivity index (χ4v) is 4.65. The van der Waals surface area contributed by atoms with Crippen molar-refractivity contribution in [3.05, 3.63) is 53.8 Å². The molecule has 4 atom stereocenters. The second-order valence-electron chi connectivity index (χ2n) is 9.19. The van der Waals surface area contributed by atoms with E-state index >= 15 is 0 Å². The van der Waals surface area contributed by atoms with Crippen LogP contribution in [-0.4, -0.2) is 48.5 Å². The molecule has 180 valence electrons. The predicted molar refractivity (Wildman–Crippen MR) is 123 cm³/mol. The molecule has 4 N–H and O–H groups in total. The molecule has 0 bridgehead atoms. The molecule has 34 heavy (non-hydrogen) atoms. The summed E-state index contributed by atoms with van der Waals surface area (Å²) in [5.41, 5.74) is 1.96. The van der Waals surface area contributed by atoms with Gasteiger partial charge in [-0.3, -0.25) is 4.79 Å². The molecular weight excluding hydrogens is 441 g/mol. The number of amides is 3. The van der Waals surface area contributed by atoms with Gasteiger partial charge in [-0.2, -0.15) is 0 Å². The lowest BCUT2D eigenvalue weighted by Crippen LogP contribution is -2.47. The highest BCUT2D eigenvalue weighted by Crippen LogP contribution is 2.47. The monoisotopic (exact) mass is 469 g/mol. The van der Waals surface area contributed by atoms with Gasteiger partial charge in [0.1, 0.15) is 23.8 Å². The summed E-state index contributed by atoms with van der Waals surface area (Å²) in [6.45, 7) is 0.503. The molecule has 0 radical (unpaired) electrons. The molecule has 1 saturated heterocycles. The van der Waals surface area contributed by atoms with Crippen molar-refractivity contribution in [1.29, 1.82) is 0 Å². The SMILES string of the molecule is O=C(C[C@@H]1C[C@H]2c3cc(NC(=O)Nc4ccc(F)cc4)ccc3O[C@H]2[C@@H](CO)O1)NCC1CC1. The molecule has 8 nitrogen and oxygen atoms in total. The first kappa shape index (κ1) is 22.6. The van der Waals surface area contributed by atoms with Gasteiger partial charge in [-0.25, -0.2) is 9.18 Å². The van der Waals surface area contributed by atoms with Gasteiger partial charge < -0.3 is 30.5 Å². The third-order valence-corrected chi connectivity index (χ3v) is 6.56. The predicted octanol–water partition coefficient (Wildman–Crippen LogP) is 3.38. The van der Waals surface area contributed by atoms with Crippen LogP contribution in [0.3, 0.4) is 0 Å². The van der Waals surface area contributed by atoms with Crippen molar-refractivity contribution in [3.63, 3.8) is 0 Å². The lowest BCUT2D eigenvalue weighted by atomic mass is 9.84. The summed E-state index contributed by atoms with van der Waals surface area (Å²) in [4.78, 5) is 24.8. The Bertz CT molecular complexity index is 1060. The Labute approximate surface area is 196 Å². The van der Waals surface area contributed by atoms with Crippen LogP contribution in [0.25, 0.3) is 0 Å². The number of anilines is 2. The van der Waals surface area contributed by atoms with Crippen LogP contribution in [0.4, 0.5) is 20.6 Å². The third kappa shape index (κ3) is 5.15. The summed E-state index contributed by atoms with van der Waals surface area (Å²) < 4.78 is 25.1. The molecule has 2 aliphatic heterocycles. The molecule has 9 heteroatoms. The maximum Gasteiger partial charge on any atom is 0.323 e. The van der Waals surface area contributed by atoms with Crippen molar-refractivity contribution in [3.8, 4) is 5.75 Å². The molecule has 3 amide bonds. The van der Waals surface area contributed by atoms with Gasteiger partial charge in [0.05, 0.1) is 19.1 Å². The minimum absolute atomic E-state index is 0.0425. The van der Waals surface area contributed by atoms with Crippen molar-refractivity contribution >= 4 is 23.3 Å². The van der Waals surface area contributed by atoms with Gasteiger partial charge in [0, 0.05) is 29.4 Å². The topological polar surface area (TPSA) is 109 Å². The largest absolute Gasteiger partial charge is 0.487 e. The zero-order valence-corrected chi connectivity index (χ0v) is 18.6. The van der Waals surface area contributed by atoms with Crippen molar-refractivity contribution in [2.45, 2.75) is 49.9 Å². The Morgan fingerprint density at radius 1 is 1.06 bits per heavy atom. The Morgan fingerprint density at radius 2 is 1.79 bits per heavy atom. The van der Waals surface area contributed by atoms with Gasteiger partial charge in [0.25, 0.3) is 0 Å². The molecule has 2 aromatic carbocycles. The minimum Gasteiger partial charge on any atom is -0.487 e. The Kier molecular flexibility index (Phi) is 6.38. The van der Waals surface area contributed by atoms with Crippen molar-refractivity contribution < 1.29 is 28.6 Å². The number of hydrogen-bond acceptors (Lipinski definition) is 5. The fraction of sp³-hybridized carbons (Fsp3) is 0.440. The summed E-state index contributed by atoms with van der Waals surface area (Å²) in [7, 11) is 0. The molecule has 0 spiro atoms. The van der Waals surface area contributed by atoms with Crippen LogP contribution in [0.15, 0.2) is 42.5 Å². The molecule has 0 aromatic heterocycles. The molecule has 0 unspecified atom stereocenters. The van der Waals surface area contributed by atoms with E-state index in [9.17, 15) is 19.1 Å². The summed E-state index contributed by atoms with van der Waals surface area (Å²) in [6, 6.07) is 10.4. The molecule has 2 aromatic rings. The van der Waals surface area contributed by atoms with Crippen molar-refractivity contribution in [1.82, 2.24) is 5.32 Å². The van der Waals surface area contributed by atoms with Gasteiger partial charge in [-0.15, -0.1) is 0 Å². The van der Waals surface area contributed by atoms with Crippen LogP contribution in [0.2, 0.25) is 0 Å². The van der Waals surface area contributed by atoms with E-state index in [-0.39, 0.29) is 42.9 Å². The number of benzene rings is 2. The van der Waals surface area contributed by atoms with E-state index in [0.29, 0.717) is 36.0 Å². The number of carbonyl (C=O) groups is 2. The normalized spacial score (nSPS) is 25.0. The maximum atomic E-state index is 13.1. The summed E-state index contributed by atoms with van der Waals surface area (Å²) >= 11 is 0. The number of carbonyl (C=O) groups excluding carboxylic acids is 2. The molecule has 3 aliphatic rings. The number of halogens is 1. The van der Waals surface area contributed by atoms with Crippen LogP contribution in [0, 0.1) is 11.7 Å². The zero-order chi connectivity index (χ0) is 23.7. The van der Waals surface area contributed by atoms with Crippen LogP contribution < -0.4 is 20.7 Å². The zero-order valence-electron chi connectivity index (χ0n) is 18.6. The number of urea groups is 1. The number of aliphatic hydroxyl groups is 1. The highest BCUT2D eigenvalue weighted by molar-refractivity contribution is 5.99. The molecule has 5 rings (SSSR count). The van der Waals surface area contributed by atoms with Crippen molar-refractivity contribution in [2.75, 3.05) is 23.8 Å². The van der Waals surface area contributed by atoms with E-state index in [2.05, 4.69) is 16.0 Å². The van der Waals surface area contributed by atoms with Gasteiger partial charge in [0.2, 0.25) is 5.91 Å². The molecule has 1 aliphatic carbocycles. The summed E-state index contributed by atoms with van der Waals surface area (Å²) in [6.07, 6.45) is 1.94. The Morgan fingerprint density at radius 3 is 2.53 bits per heavy atom. The van der Waals surface area contributed by atoms with E-state index in [1.807, 2.05) is 6.07 Å². The number of fused-ring (bicyclic) bond motifs is 3. The quantitative estimate of drug-likeness (QED) is 0.497. The van der Waals surface area contributed by atoms with E-state index in [4.69, 9.17) is 9.47 Å². The van der Waals surface area contributed by atoms with Crippen LogP contribution in [0.1, 0.15) is 37.2 Å². The highest BCUT2D eigenvalue weighted by Gasteiger charge is 2.46. The first-order chi connectivity index (χ1) is 16.5. The Balaban J connectivity index is 1.25. The lowest BCUT2D eigenvalue weighted by molar-refractivity contribution is -0.142. The molecule has 2 fully saturated rings. The number of rotatable bonds is 7. The van der Waals surface area contributed by atoms with Gasteiger partial charge >= 0.3 is 6.03 Å². The second-order valence-corrected chi connectivity index (χ2v) is 9.19. The van der Waals surface area contributed by atoms with Gasteiger partial charge in [-0.05, 0) is 67.6 Å². The summed E-state index contributed by atoms with van der Waals surface area (Å²) in [5.74, 6) is 0.797. The average molecular weight is 470 g/mol. The highest BCUT2D eigenvalue weighted by atomic mass is 19.1. The van der Waals surface area contributed by atoms with E-state index in [1.54, 1.807) is 12.1 Å². The van der Waals surface area contributed by atoms with Crippen LogP contribution >= 0.6 is 0 Å². The number of nitrogens with one attached hydrogen (secondary N) is 3. The maximum absolute atomic E-state index is 13.1. The van der Waals surface area contributed by atoms with E-state index in [0.717, 1.165) is 5.56 Å². The van der Waals surface area contributed by atoms with Crippen LogP contribution in [0.5, 0.6) is 5.75 Å². The summed E-state index contributed by atoms with van der Waals surface area (Å²) in [5, 5.41) is 18.3. The van der Waals surface area contributed by atoms with Gasteiger partial charge in [0.15, 0.2) is 0 Å². The van der Waals surface area contributed by atoms with E-state index in [1.165, 1.54) is 37.1 Å². The lowest BCUT2D eigenvalue weighted by Gasteiger charge is -2.37. The molecule has 1 saturated carbocycles. The molecule has 2 heterocycles. The third-order valence-electron chi connectivity index (χ3n) is 6.56.